The molecule has 0 radical (unpaired) electrons. The molecule has 2 heterocycles. The molecule has 1 N–H and O–H groups in total. The van der Waals surface area contributed by atoms with E-state index in [0.29, 0.717) is 16.2 Å². The zero-order chi connectivity index (χ0) is 18.0. The van der Waals surface area contributed by atoms with Crippen LogP contribution < -0.4 is 4.72 Å². The highest BCUT2D eigenvalue weighted by atomic mass is 32.2. The van der Waals surface area contributed by atoms with Gasteiger partial charge in [0.1, 0.15) is 4.90 Å². The van der Waals surface area contributed by atoms with Crippen molar-refractivity contribution in [3.05, 3.63) is 21.5 Å². The third-order valence-corrected chi connectivity index (χ3v) is 7.62. The normalized spacial score (nSPS) is 17.4. The first kappa shape index (κ1) is 18.6. The van der Waals surface area contributed by atoms with Gasteiger partial charge in [0.2, 0.25) is 10.0 Å². The van der Waals surface area contributed by atoms with Crippen LogP contribution in [0.3, 0.4) is 0 Å². The minimum atomic E-state index is -3.59. The Balaban J connectivity index is 1.94. The first-order valence-electron chi connectivity index (χ1n) is 8.94. The smallest absolute Gasteiger partial charge is 0.242 e. The number of thiophene rings is 1. The predicted octanol–water partition coefficient (Wildman–Crippen LogP) is 4.72. The Kier molecular flexibility index (Phi) is 5.65. The van der Waals surface area contributed by atoms with Gasteiger partial charge in [0.05, 0.1) is 11.3 Å². The van der Waals surface area contributed by atoms with Gasteiger partial charge in [0.15, 0.2) is 5.76 Å². The SMILES string of the molecule is Cc1cc(-c2c(C)sc(C)c2S(=O)(=O)NC2CCCCCCC2)on1. The van der Waals surface area contributed by atoms with Crippen LogP contribution in [0, 0.1) is 20.8 Å². The van der Waals surface area contributed by atoms with Crippen LogP contribution in [0.1, 0.15) is 60.4 Å². The van der Waals surface area contributed by atoms with Crippen molar-refractivity contribution in [1.29, 1.82) is 0 Å². The van der Waals surface area contributed by atoms with Gasteiger partial charge in [-0.1, -0.05) is 37.3 Å². The van der Waals surface area contributed by atoms with E-state index >= 15 is 0 Å². The Hall–Kier alpha value is -1.18. The maximum Gasteiger partial charge on any atom is 0.242 e. The summed E-state index contributed by atoms with van der Waals surface area (Å²) in [6.45, 7) is 5.62. The lowest BCUT2D eigenvalue weighted by Gasteiger charge is -2.21. The first-order chi connectivity index (χ1) is 11.9. The summed E-state index contributed by atoms with van der Waals surface area (Å²) in [5.41, 5.74) is 1.40. The molecule has 0 spiro atoms. The van der Waals surface area contributed by atoms with Crippen molar-refractivity contribution in [3.63, 3.8) is 0 Å². The van der Waals surface area contributed by atoms with E-state index in [0.717, 1.165) is 41.1 Å². The third kappa shape index (κ3) is 4.15. The molecule has 0 atom stereocenters. The van der Waals surface area contributed by atoms with Gasteiger partial charge in [-0.25, -0.2) is 13.1 Å². The number of hydrogen-bond acceptors (Lipinski definition) is 5. The molecule has 0 amide bonds. The molecule has 0 saturated heterocycles. The van der Waals surface area contributed by atoms with E-state index in [2.05, 4.69) is 9.88 Å². The summed E-state index contributed by atoms with van der Waals surface area (Å²) in [5.74, 6) is 0.525. The Labute approximate surface area is 153 Å². The standard InChI is InChI=1S/C18H26N2O3S2/c1-12-11-16(23-19-12)17-13(2)24-14(3)18(17)25(21,22)20-15-9-7-5-4-6-8-10-15/h11,15,20H,4-10H2,1-3H3. The topological polar surface area (TPSA) is 72.2 Å². The van der Waals surface area contributed by atoms with Crippen LogP contribution >= 0.6 is 11.3 Å². The lowest BCUT2D eigenvalue weighted by Crippen LogP contribution is -2.35. The molecule has 3 rings (SSSR count). The van der Waals surface area contributed by atoms with E-state index in [-0.39, 0.29) is 6.04 Å². The van der Waals surface area contributed by atoms with Gasteiger partial charge in [-0.2, -0.15) is 0 Å². The fourth-order valence-corrected chi connectivity index (χ4v) is 6.78. The van der Waals surface area contributed by atoms with E-state index in [9.17, 15) is 8.42 Å². The quantitative estimate of drug-likeness (QED) is 0.830. The first-order valence-corrected chi connectivity index (χ1v) is 11.2. The highest BCUT2D eigenvalue weighted by Crippen LogP contribution is 2.39. The molecule has 25 heavy (non-hydrogen) atoms. The lowest BCUT2D eigenvalue weighted by molar-refractivity contribution is 0.423. The number of rotatable bonds is 4. The molecule has 0 aliphatic heterocycles. The molecule has 1 aliphatic rings. The molecule has 2 aromatic heterocycles. The number of aryl methyl sites for hydroxylation is 3. The fraction of sp³-hybridized carbons (Fsp3) is 0.611. The zero-order valence-electron chi connectivity index (χ0n) is 15.1. The number of nitrogens with one attached hydrogen (secondary N) is 1. The number of sulfonamides is 1. The molecule has 0 bridgehead atoms. The van der Waals surface area contributed by atoms with Crippen LogP contribution in [0.15, 0.2) is 15.5 Å². The van der Waals surface area contributed by atoms with Crippen molar-refractivity contribution >= 4 is 21.4 Å². The minimum absolute atomic E-state index is 0.0224. The van der Waals surface area contributed by atoms with Gasteiger partial charge in [0, 0.05) is 21.9 Å². The average molecular weight is 383 g/mol. The Morgan fingerprint density at radius 1 is 1.08 bits per heavy atom. The fourth-order valence-electron chi connectivity index (χ4n) is 3.61. The summed E-state index contributed by atoms with van der Waals surface area (Å²) in [5, 5.41) is 3.92. The Morgan fingerprint density at radius 2 is 1.72 bits per heavy atom. The Bertz CT molecular complexity index is 829. The van der Waals surface area contributed by atoms with Gasteiger partial charge < -0.3 is 4.52 Å². The summed E-state index contributed by atoms with van der Waals surface area (Å²) >= 11 is 1.49. The molecule has 5 nitrogen and oxygen atoms in total. The summed E-state index contributed by atoms with van der Waals surface area (Å²) in [6, 6.07) is 1.82. The summed E-state index contributed by atoms with van der Waals surface area (Å²) in [6.07, 6.45) is 7.65. The predicted molar refractivity (Wildman–Crippen MR) is 100 cm³/mol. The average Bonchev–Trinajstić information content (AvgIpc) is 3.04. The van der Waals surface area contributed by atoms with Crippen molar-refractivity contribution in [3.8, 4) is 11.3 Å². The van der Waals surface area contributed by atoms with Crippen molar-refractivity contribution in [1.82, 2.24) is 9.88 Å². The monoisotopic (exact) mass is 382 g/mol. The summed E-state index contributed by atoms with van der Waals surface area (Å²) in [7, 11) is -3.59. The van der Waals surface area contributed by atoms with Crippen LogP contribution in [-0.2, 0) is 10.0 Å². The van der Waals surface area contributed by atoms with Gasteiger partial charge in [-0.05, 0) is 33.6 Å². The van der Waals surface area contributed by atoms with E-state index in [1.165, 1.54) is 30.6 Å². The highest BCUT2D eigenvalue weighted by Gasteiger charge is 2.30. The summed E-state index contributed by atoms with van der Waals surface area (Å²) < 4.78 is 34.7. The van der Waals surface area contributed by atoms with Crippen LogP contribution in [-0.4, -0.2) is 19.6 Å². The second-order valence-electron chi connectivity index (χ2n) is 6.91. The van der Waals surface area contributed by atoms with Crippen molar-refractivity contribution < 1.29 is 12.9 Å². The molecule has 0 aromatic carbocycles. The zero-order valence-corrected chi connectivity index (χ0v) is 16.7. The third-order valence-electron chi connectivity index (χ3n) is 4.78. The van der Waals surface area contributed by atoms with Gasteiger partial charge in [0.25, 0.3) is 0 Å². The van der Waals surface area contributed by atoms with Crippen LogP contribution in [0.2, 0.25) is 0 Å². The number of hydrogen-bond donors (Lipinski definition) is 1. The molecule has 0 unspecified atom stereocenters. The number of nitrogens with zero attached hydrogens (tertiary/aromatic N) is 1. The molecule has 2 aromatic rings. The Morgan fingerprint density at radius 3 is 2.32 bits per heavy atom. The molecular formula is C18H26N2O3S2. The second-order valence-corrected chi connectivity index (χ2v) is 9.99. The van der Waals surface area contributed by atoms with Crippen LogP contribution in [0.25, 0.3) is 11.3 Å². The minimum Gasteiger partial charge on any atom is -0.356 e. The maximum absolute atomic E-state index is 13.2. The highest BCUT2D eigenvalue weighted by molar-refractivity contribution is 7.89. The van der Waals surface area contributed by atoms with E-state index in [4.69, 9.17) is 4.52 Å². The molecule has 1 aliphatic carbocycles. The van der Waals surface area contributed by atoms with Gasteiger partial charge in [-0.15, -0.1) is 11.3 Å². The molecule has 1 saturated carbocycles. The van der Waals surface area contributed by atoms with Crippen molar-refractivity contribution in [2.24, 2.45) is 0 Å². The second kappa shape index (κ2) is 7.60. The summed E-state index contributed by atoms with van der Waals surface area (Å²) in [4.78, 5) is 2.08. The van der Waals surface area contributed by atoms with E-state index in [1.54, 1.807) is 6.07 Å². The van der Waals surface area contributed by atoms with Gasteiger partial charge >= 0.3 is 0 Å². The molecule has 1 fully saturated rings. The lowest BCUT2D eigenvalue weighted by atomic mass is 9.97. The molecule has 138 valence electrons. The van der Waals surface area contributed by atoms with Crippen molar-refractivity contribution in [2.45, 2.75) is 76.7 Å². The van der Waals surface area contributed by atoms with Crippen LogP contribution in [0.4, 0.5) is 0 Å². The molecule has 7 heteroatoms. The maximum atomic E-state index is 13.2. The van der Waals surface area contributed by atoms with Crippen molar-refractivity contribution in [2.75, 3.05) is 0 Å². The van der Waals surface area contributed by atoms with E-state index in [1.807, 2.05) is 20.8 Å². The largest absolute Gasteiger partial charge is 0.356 e. The van der Waals surface area contributed by atoms with Gasteiger partial charge in [-0.3, -0.25) is 0 Å². The number of aromatic nitrogens is 1. The van der Waals surface area contributed by atoms with Crippen LogP contribution in [0.5, 0.6) is 0 Å². The van der Waals surface area contributed by atoms with E-state index < -0.39 is 10.0 Å². The molecular weight excluding hydrogens is 356 g/mol.